The van der Waals surface area contributed by atoms with Crippen LogP contribution in [0.15, 0.2) is 36.4 Å². The molecule has 2 N–H and O–H groups in total. The predicted molar refractivity (Wildman–Crippen MR) is 126 cm³/mol. The Bertz CT molecular complexity index is 1140. The number of nitrogens with zero attached hydrogens (tertiary/aromatic N) is 1. The summed E-state index contributed by atoms with van der Waals surface area (Å²) in [6.45, 7) is 3.18. The van der Waals surface area contributed by atoms with E-state index in [2.05, 4.69) is 4.90 Å². The average Bonchev–Trinajstić information content (AvgIpc) is 2.99. The second-order valence-corrected chi connectivity index (χ2v) is 12.2. The Hall–Kier alpha value is -1.83. The first-order chi connectivity index (χ1) is 15.7. The molecule has 1 saturated heterocycles. The van der Waals surface area contributed by atoms with Gasteiger partial charge in [0.2, 0.25) is 10.0 Å². The first-order valence-corrected chi connectivity index (χ1v) is 13.6. The van der Waals surface area contributed by atoms with Crippen LogP contribution in [0.1, 0.15) is 60.3 Å². The number of aryl methyl sites for hydroxylation is 1. The molecule has 0 aromatic heterocycles. The molecule has 178 valence electrons. The zero-order valence-corrected chi connectivity index (χ0v) is 19.7. The van der Waals surface area contributed by atoms with Crippen LogP contribution in [0.3, 0.4) is 0 Å². The fourth-order valence-electron chi connectivity index (χ4n) is 5.96. The van der Waals surface area contributed by atoms with E-state index in [-0.39, 0.29) is 17.6 Å². The van der Waals surface area contributed by atoms with E-state index in [9.17, 15) is 12.8 Å². The third-order valence-corrected chi connectivity index (χ3v) is 10.1. The van der Waals surface area contributed by atoms with Gasteiger partial charge in [-0.25, -0.2) is 22.3 Å². The number of halogens is 2. The van der Waals surface area contributed by atoms with Gasteiger partial charge in [0.1, 0.15) is 11.6 Å². The van der Waals surface area contributed by atoms with Crippen LogP contribution in [-0.2, 0) is 29.3 Å². The summed E-state index contributed by atoms with van der Waals surface area (Å²) in [4.78, 5) is 2.44. The Morgan fingerprint density at radius 3 is 2.48 bits per heavy atom. The van der Waals surface area contributed by atoms with E-state index >= 15 is 4.39 Å². The van der Waals surface area contributed by atoms with Gasteiger partial charge in [-0.2, -0.15) is 0 Å². The zero-order chi connectivity index (χ0) is 23.2. The summed E-state index contributed by atoms with van der Waals surface area (Å²) in [7, 11) is -3.66. The van der Waals surface area contributed by atoms with Gasteiger partial charge in [0.15, 0.2) is 0 Å². The number of hydrogen-bond donors (Lipinski definition) is 1. The van der Waals surface area contributed by atoms with Crippen molar-refractivity contribution in [3.05, 3.63) is 70.3 Å². The van der Waals surface area contributed by atoms with Crippen LogP contribution in [-0.4, -0.2) is 37.7 Å². The number of fused-ring (bicyclic) bond motifs is 1. The quantitative estimate of drug-likeness (QED) is 0.620. The normalized spacial score (nSPS) is 24.2. The minimum Gasteiger partial charge on any atom is -0.303 e. The maximum atomic E-state index is 15.1. The Balaban J connectivity index is 1.42. The summed E-state index contributed by atoms with van der Waals surface area (Å²) in [5.74, 6) is 0.0589. The highest BCUT2D eigenvalue weighted by Gasteiger charge is 2.46. The van der Waals surface area contributed by atoms with Crippen molar-refractivity contribution in [3.8, 4) is 0 Å². The van der Waals surface area contributed by atoms with Gasteiger partial charge in [-0.1, -0.05) is 24.6 Å². The molecule has 7 heteroatoms. The second kappa shape index (κ2) is 8.75. The number of sulfonamides is 1. The van der Waals surface area contributed by atoms with Gasteiger partial charge in [0, 0.05) is 6.54 Å². The van der Waals surface area contributed by atoms with Crippen molar-refractivity contribution in [2.45, 2.75) is 62.0 Å². The number of nitrogens with two attached hydrogens (primary N) is 1. The van der Waals surface area contributed by atoms with Crippen LogP contribution in [0.25, 0.3) is 0 Å². The summed E-state index contributed by atoms with van der Waals surface area (Å²) in [6, 6.07) is 10.4. The highest BCUT2D eigenvalue weighted by atomic mass is 32.2. The summed E-state index contributed by atoms with van der Waals surface area (Å²) in [5.41, 5.74) is 3.69. The van der Waals surface area contributed by atoms with Gasteiger partial charge < -0.3 is 4.90 Å². The predicted octanol–water partition coefficient (Wildman–Crippen LogP) is 4.31. The van der Waals surface area contributed by atoms with E-state index in [4.69, 9.17) is 5.14 Å². The van der Waals surface area contributed by atoms with Crippen LogP contribution in [0.4, 0.5) is 8.78 Å². The first-order valence-electron chi connectivity index (χ1n) is 12.0. The molecule has 1 aliphatic heterocycles. The molecule has 2 fully saturated rings. The van der Waals surface area contributed by atoms with E-state index in [1.807, 2.05) is 12.1 Å². The molecule has 2 unspecified atom stereocenters. The maximum Gasteiger partial charge on any atom is 0.214 e. The van der Waals surface area contributed by atoms with Crippen LogP contribution in [0.5, 0.6) is 0 Å². The molecule has 33 heavy (non-hydrogen) atoms. The zero-order valence-electron chi connectivity index (χ0n) is 18.9. The Morgan fingerprint density at radius 2 is 1.88 bits per heavy atom. The topological polar surface area (TPSA) is 63.4 Å². The van der Waals surface area contributed by atoms with Crippen LogP contribution >= 0.6 is 0 Å². The molecule has 3 aliphatic rings. The fraction of sp³-hybridized carbons (Fsp3) is 0.538. The molecule has 2 aliphatic carbocycles. The minimum absolute atomic E-state index is 0.192. The molecular weight excluding hydrogens is 442 g/mol. The Kier molecular flexibility index (Phi) is 6.08. The smallest absolute Gasteiger partial charge is 0.214 e. The van der Waals surface area contributed by atoms with Crippen molar-refractivity contribution in [1.29, 1.82) is 0 Å². The van der Waals surface area contributed by atoms with E-state index < -0.39 is 14.8 Å². The molecule has 4 nitrogen and oxygen atoms in total. The van der Waals surface area contributed by atoms with Gasteiger partial charge in [0.05, 0.1) is 4.75 Å². The first kappa shape index (κ1) is 22.9. The molecule has 0 bridgehead atoms. The molecule has 5 rings (SSSR count). The molecule has 0 radical (unpaired) electrons. The Morgan fingerprint density at radius 1 is 1.09 bits per heavy atom. The van der Waals surface area contributed by atoms with Crippen LogP contribution < -0.4 is 5.14 Å². The number of rotatable bonds is 8. The summed E-state index contributed by atoms with van der Waals surface area (Å²) in [5, 5.41) is 5.51. The monoisotopic (exact) mass is 474 g/mol. The van der Waals surface area contributed by atoms with Gasteiger partial charge in [-0.3, -0.25) is 0 Å². The molecular formula is C26H32F2N2O2S. The van der Waals surface area contributed by atoms with Gasteiger partial charge in [-0.15, -0.1) is 0 Å². The lowest BCUT2D eigenvalue weighted by Crippen LogP contribution is -2.49. The second-order valence-electron chi connectivity index (χ2n) is 10.3. The van der Waals surface area contributed by atoms with Crippen molar-refractivity contribution >= 4 is 10.0 Å². The summed E-state index contributed by atoms with van der Waals surface area (Å²) < 4.78 is 52.3. The lowest BCUT2D eigenvalue weighted by atomic mass is 9.79. The van der Waals surface area contributed by atoms with Gasteiger partial charge in [-0.05, 0) is 110 Å². The molecule has 1 heterocycles. The highest BCUT2D eigenvalue weighted by molar-refractivity contribution is 7.90. The lowest BCUT2D eigenvalue weighted by molar-refractivity contribution is 0.145. The summed E-state index contributed by atoms with van der Waals surface area (Å²) >= 11 is 0. The van der Waals surface area contributed by atoms with E-state index in [1.165, 1.54) is 12.5 Å². The number of benzene rings is 2. The molecule has 2 aromatic rings. The van der Waals surface area contributed by atoms with Gasteiger partial charge >= 0.3 is 0 Å². The highest BCUT2D eigenvalue weighted by Crippen LogP contribution is 2.44. The van der Waals surface area contributed by atoms with Crippen molar-refractivity contribution in [2.75, 3.05) is 19.6 Å². The SMILES string of the molecule is NS(=O)(=O)C1(CCc2cc3c(cc2F)CC(CN2CCC2)C3Cc2cccc(F)c2)CCC1. The minimum atomic E-state index is -3.66. The average molecular weight is 475 g/mol. The molecule has 2 aromatic carbocycles. The third-order valence-electron chi connectivity index (χ3n) is 8.26. The number of primary sulfonamides is 1. The number of hydrogen-bond acceptors (Lipinski definition) is 3. The van der Waals surface area contributed by atoms with Gasteiger partial charge in [0.25, 0.3) is 0 Å². The van der Waals surface area contributed by atoms with E-state index in [0.717, 1.165) is 55.6 Å². The van der Waals surface area contributed by atoms with Crippen molar-refractivity contribution in [2.24, 2.45) is 11.1 Å². The fourth-order valence-corrected chi connectivity index (χ4v) is 7.21. The maximum absolute atomic E-state index is 15.1. The van der Waals surface area contributed by atoms with Crippen LogP contribution in [0, 0.1) is 17.6 Å². The molecule has 2 atom stereocenters. The van der Waals surface area contributed by atoms with Crippen molar-refractivity contribution in [3.63, 3.8) is 0 Å². The lowest BCUT2D eigenvalue weighted by Gasteiger charge is -2.39. The molecule has 0 amide bonds. The summed E-state index contributed by atoms with van der Waals surface area (Å²) in [6.07, 6.45) is 5.43. The standard InChI is InChI=1S/C26H32F2N2O2S/c27-22-5-1-4-18(12-22)13-23-21(17-30-10-3-11-30)14-20-16-25(28)19(15-24(20)23)6-9-26(7-2-8-26)33(29,31)32/h1,4-5,12,15-16,21,23H,2-3,6-11,13-14,17H2,(H2,29,31,32). The van der Waals surface area contributed by atoms with E-state index in [1.54, 1.807) is 18.2 Å². The van der Waals surface area contributed by atoms with E-state index in [0.29, 0.717) is 37.2 Å². The Labute approximate surface area is 195 Å². The van der Waals surface area contributed by atoms with Crippen LogP contribution in [0.2, 0.25) is 0 Å². The largest absolute Gasteiger partial charge is 0.303 e. The van der Waals surface area contributed by atoms with Crippen molar-refractivity contribution < 1.29 is 17.2 Å². The number of likely N-dealkylation sites (tertiary alicyclic amines) is 1. The van der Waals surface area contributed by atoms with Crippen molar-refractivity contribution in [1.82, 2.24) is 4.90 Å². The molecule has 1 saturated carbocycles. The third kappa shape index (κ3) is 4.47. The molecule has 0 spiro atoms.